The van der Waals surface area contributed by atoms with E-state index in [1.54, 1.807) is 17.9 Å². The van der Waals surface area contributed by atoms with Crippen LogP contribution in [0.25, 0.3) is 0 Å². The Balaban J connectivity index is 2.05. The second-order valence-corrected chi connectivity index (χ2v) is 6.50. The summed E-state index contributed by atoms with van der Waals surface area (Å²) in [6.07, 6.45) is 0.651. The predicted octanol–water partition coefficient (Wildman–Crippen LogP) is 2.93. The molecule has 0 saturated carbocycles. The molecule has 1 aromatic rings. The minimum atomic E-state index is -0.843. The molecule has 1 saturated heterocycles. The van der Waals surface area contributed by atoms with Gasteiger partial charge in [-0.1, -0.05) is 12.1 Å². The van der Waals surface area contributed by atoms with Crippen molar-refractivity contribution >= 4 is 27.8 Å². The summed E-state index contributed by atoms with van der Waals surface area (Å²) < 4.78 is 6.50. The molecule has 0 bridgehead atoms. The zero-order valence-corrected chi connectivity index (χ0v) is 14.2. The van der Waals surface area contributed by atoms with Crippen LogP contribution >= 0.6 is 15.9 Å². The molecule has 1 aliphatic rings. The van der Waals surface area contributed by atoms with Gasteiger partial charge in [-0.15, -0.1) is 0 Å². The summed E-state index contributed by atoms with van der Waals surface area (Å²) in [5.74, 6) is -0.906. The van der Waals surface area contributed by atoms with E-state index in [9.17, 15) is 9.59 Å². The monoisotopic (exact) mass is 369 g/mol. The summed E-state index contributed by atoms with van der Waals surface area (Å²) in [4.78, 5) is 25.4. The third-order valence-corrected chi connectivity index (χ3v) is 4.66. The van der Waals surface area contributed by atoms with Crippen molar-refractivity contribution in [2.45, 2.75) is 38.8 Å². The molecule has 6 heteroatoms. The maximum absolute atomic E-state index is 12.6. The minimum absolute atomic E-state index is 0.0355. The number of benzene rings is 1. The van der Waals surface area contributed by atoms with Crippen molar-refractivity contribution in [1.29, 1.82) is 0 Å². The van der Waals surface area contributed by atoms with Crippen molar-refractivity contribution in [2.75, 3.05) is 6.54 Å². The van der Waals surface area contributed by atoms with E-state index in [0.29, 0.717) is 18.6 Å². The number of carbonyl (C=O) groups excluding carboxylic acids is 1. The van der Waals surface area contributed by atoms with Crippen LogP contribution in [0.4, 0.5) is 0 Å². The molecule has 22 heavy (non-hydrogen) atoms. The second-order valence-electron chi connectivity index (χ2n) is 5.64. The van der Waals surface area contributed by atoms with Crippen LogP contribution in [-0.2, 0) is 9.59 Å². The summed E-state index contributed by atoms with van der Waals surface area (Å²) in [5.41, 5.74) is 0. The molecular weight excluding hydrogens is 350 g/mol. The normalized spacial score (nSPS) is 23.0. The fourth-order valence-corrected chi connectivity index (χ4v) is 3.01. The number of amides is 1. The van der Waals surface area contributed by atoms with Crippen molar-refractivity contribution in [3.8, 4) is 5.75 Å². The van der Waals surface area contributed by atoms with E-state index in [2.05, 4.69) is 15.9 Å². The van der Waals surface area contributed by atoms with E-state index >= 15 is 0 Å². The van der Waals surface area contributed by atoms with Gasteiger partial charge in [-0.3, -0.25) is 9.59 Å². The van der Waals surface area contributed by atoms with Crippen LogP contribution < -0.4 is 4.74 Å². The van der Waals surface area contributed by atoms with Gasteiger partial charge in [0.05, 0.1) is 10.4 Å². The van der Waals surface area contributed by atoms with Gasteiger partial charge in [-0.25, -0.2) is 0 Å². The first kappa shape index (κ1) is 16.8. The number of hydrogen-bond donors (Lipinski definition) is 1. The molecule has 0 aliphatic carbocycles. The summed E-state index contributed by atoms with van der Waals surface area (Å²) in [6.45, 7) is 3.89. The molecule has 5 nitrogen and oxygen atoms in total. The van der Waals surface area contributed by atoms with Crippen LogP contribution in [-0.4, -0.2) is 40.6 Å². The number of carboxylic acids is 1. The molecule has 1 amide bonds. The smallest absolute Gasteiger partial charge is 0.308 e. The standard InChI is InChI=1S/C16H20BrNO4/c1-10-7-8-12(16(20)21)9-18(10)15(19)11(2)22-14-6-4-3-5-13(14)17/h3-6,10-12H,7-9H2,1-2H3,(H,20,21). The average Bonchev–Trinajstić information content (AvgIpc) is 2.49. The molecule has 1 N–H and O–H groups in total. The third-order valence-electron chi connectivity index (χ3n) is 4.00. The van der Waals surface area contributed by atoms with Crippen molar-refractivity contribution < 1.29 is 19.4 Å². The number of aliphatic carboxylic acids is 1. The van der Waals surface area contributed by atoms with E-state index in [4.69, 9.17) is 9.84 Å². The predicted molar refractivity (Wildman–Crippen MR) is 85.8 cm³/mol. The number of rotatable bonds is 4. The lowest BCUT2D eigenvalue weighted by molar-refractivity contribution is -0.149. The first-order valence-corrected chi connectivity index (χ1v) is 8.14. The molecule has 1 heterocycles. The Morgan fingerprint density at radius 1 is 1.36 bits per heavy atom. The molecule has 3 atom stereocenters. The number of carbonyl (C=O) groups is 2. The number of hydrogen-bond acceptors (Lipinski definition) is 3. The van der Waals surface area contributed by atoms with E-state index in [1.807, 2.05) is 25.1 Å². The SMILES string of the molecule is CC(Oc1ccccc1Br)C(=O)N1CC(C(=O)O)CCC1C. The Morgan fingerprint density at radius 2 is 2.05 bits per heavy atom. The van der Waals surface area contributed by atoms with Crippen LogP contribution in [0, 0.1) is 5.92 Å². The minimum Gasteiger partial charge on any atom is -0.481 e. The lowest BCUT2D eigenvalue weighted by atomic mass is 9.93. The number of piperidine rings is 1. The van der Waals surface area contributed by atoms with Gasteiger partial charge in [0.1, 0.15) is 5.75 Å². The number of nitrogens with zero attached hydrogens (tertiary/aromatic N) is 1. The van der Waals surface area contributed by atoms with Gasteiger partial charge < -0.3 is 14.7 Å². The van der Waals surface area contributed by atoms with Gasteiger partial charge in [-0.05, 0) is 54.8 Å². The highest BCUT2D eigenvalue weighted by molar-refractivity contribution is 9.10. The summed E-state index contributed by atoms with van der Waals surface area (Å²) in [6, 6.07) is 7.37. The van der Waals surface area contributed by atoms with Crippen molar-refractivity contribution in [2.24, 2.45) is 5.92 Å². The Labute approximate surface area is 138 Å². The van der Waals surface area contributed by atoms with Crippen LogP contribution in [0.3, 0.4) is 0 Å². The molecule has 2 rings (SSSR count). The molecule has 3 unspecified atom stereocenters. The second kappa shape index (κ2) is 7.13. The Kier molecular flexibility index (Phi) is 5.45. The topological polar surface area (TPSA) is 66.8 Å². The van der Waals surface area contributed by atoms with Gasteiger partial charge in [-0.2, -0.15) is 0 Å². The number of likely N-dealkylation sites (tertiary alicyclic amines) is 1. The van der Waals surface area contributed by atoms with E-state index < -0.39 is 18.0 Å². The van der Waals surface area contributed by atoms with Crippen LogP contribution in [0.5, 0.6) is 5.75 Å². The van der Waals surface area contributed by atoms with Crippen molar-refractivity contribution in [3.63, 3.8) is 0 Å². The molecule has 1 fully saturated rings. The average molecular weight is 370 g/mol. The molecular formula is C16H20BrNO4. The largest absolute Gasteiger partial charge is 0.481 e. The highest BCUT2D eigenvalue weighted by Crippen LogP contribution is 2.27. The maximum atomic E-state index is 12.6. The van der Waals surface area contributed by atoms with Gasteiger partial charge in [0.15, 0.2) is 6.10 Å². The Bertz CT molecular complexity index is 563. The van der Waals surface area contributed by atoms with Crippen LogP contribution in [0.15, 0.2) is 28.7 Å². The van der Waals surface area contributed by atoms with Crippen molar-refractivity contribution in [3.05, 3.63) is 28.7 Å². The molecule has 120 valence electrons. The summed E-state index contributed by atoms with van der Waals surface area (Å²) >= 11 is 3.38. The van der Waals surface area contributed by atoms with Gasteiger partial charge in [0, 0.05) is 12.6 Å². The lowest BCUT2D eigenvalue weighted by Gasteiger charge is -2.37. The van der Waals surface area contributed by atoms with E-state index in [-0.39, 0.29) is 18.5 Å². The van der Waals surface area contributed by atoms with Crippen molar-refractivity contribution in [1.82, 2.24) is 4.90 Å². The Morgan fingerprint density at radius 3 is 2.68 bits per heavy atom. The summed E-state index contributed by atoms with van der Waals surface area (Å²) in [7, 11) is 0. The lowest BCUT2D eigenvalue weighted by Crippen LogP contribution is -2.51. The summed E-state index contributed by atoms with van der Waals surface area (Å²) in [5, 5.41) is 9.16. The first-order chi connectivity index (χ1) is 10.4. The fourth-order valence-electron chi connectivity index (χ4n) is 2.63. The van der Waals surface area contributed by atoms with Crippen LogP contribution in [0.1, 0.15) is 26.7 Å². The molecule has 0 spiro atoms. The highest BCUT2D eigenvalue weighted by atomic mass is 79.9. The first-order valence-electron chi connectivity index (χ1n) is 7.34. The molecule has 0 radical (unpaired) electrons. The quantitative estimate of drug-likeness (QED) is 0.885. The Hall–Kier alpha value is -1.56. The van der Waals surface area contributed by atoms with Gasteiger partial charge in [0.25, 0.3) is 5.91 Å². The fraction of sp³-hybridized carbons (Fsp3) is 0.500. The molecule has 1 aromatic carbocycles. The maximum Gasteiger partial charge on any atom is 0.308 e. The van der Waals surface area contributed by atoms with Gasteiger partial charge in [0.2, 0.25) is 0 Å². The number of ether oxygens (including phenoxy) is 1. The number of halogens is 1. The van der Waals surface area contributed by atoms with E-state index in [0.717, 1.165) is 4.47 Å². The third kappa shape index (κ3) is 3.80. The van der Waals surface area contributed by atoms with Gasteiger partial charge >= 0.3 is 5.97 Å². The molecule has 1 aliphatic heterocycles. The molecule has 0 aromatic heterocycles. The zero-order valence-electron chi connectivity index (χ0n) is 12.7. The highest BCUT2D eigenvalue weighted by Gasteiger charge is 2.35. The van der Waals surface area contributed by atoms with Crippen LogP contribution in [0.2, 0.25) is 0 Å². The number of para-hydroxylation sites is 1. The zero-order chi connectivity index (χ0) is 16.3. The number of carboxylic acid groups (broad SMARTS) is 1. The van der Waals surface area contributed by atoms with E-state index in [1.165, 1.54) is 0 Å².